The molecule has 8 aromatic rings. The van der Waals surface area contributed by atoms with E-state index < -0.39 is 195 Å². The maximum Gasteiger partial charge on any atom is 0.416 e. The maximum absolute atomic E-state index is 14.2. The van der Waals surface area contributed by atoms with Crippen molar-refractivity contribution in [2.45, 2.75) is 56.0 Å². The molecule has 0 radical (unpaired) electrons. The molecule has 0 saturated carbocycles. The van der Waals surface area contributed by atoms with E-state index in [0.29, 0.717) is 0 Å². The van der Waals surface area contributed by atoms with Crippen LogP contribution >= 0.6 is 0 Å². The predicted molar refractivity (Wildman–Crippen MR) is 245 cm³/mol. The van der Waals surface area contributed by atoms with Gasteiger partial charge in [-0.2, -0.15) is 132 Å². The number of fused-ring (bicyclic) bond motifs is 1. The standard InChI is InChI=1S/C32H12BF24.C22H18N/c34-25(35,36)13-1-14(26(37,38)39)6-21(5-13)33(22-7-15(27(40,41)42)2-16(8-22)28(43,44)45,23-9-17(29(46,47)48)3-18(10-23)30(49,50)51)24-11-19(31(52,53)54)4-20(12-24)32(55,56)57;1-3-9-18(10-4-1)17-23-16-15-19-11-7-8-14-21(19)22(23)20-12-5-2-6-13-20/h1-12H;1-16H,17H2/q-1;+1. The Morgan fingerprint density at radius 2 is 0.550 bits per heavy atom. The molecular formula is C54H30BF24N. The van der Waals surface area contributed by atoms with Gasteiger partial charge in [0.25, 0.3) is 0 Å². The lowest BCUT2D eigenvalue weighted by molar-refractivity contribution is -0.676. The summed E-state index contributed by atoms with van der Waals surface area (Å²) in [6.45, 7) is 0.871. The molecule has 0 aliphatic rings. The van der Waals surface area contributed by atoms with Gasteiger partial charge in [-0.3, -0.25) is 0 Å². The summed E-state index contributed by atoms with van der Waals surface area (Å²) in [4.78, 5) is 0. The van der Waals surface area contributed by atoms with Crippen LogP contribution in [-0.2, 0) is 56.0 Å². The van der Waals surface area contributed by atoms with Crippen molar-refractivity contribution in [1.82, 2.24) is 0 Å². The zero-order valence-electron chi connectivity index (χ0n) is 39.5. The number of nitrogens with zero attached hydrogens (tertiary/aromatic N) is 1. The van der Waals surface area contributed by atoms with Crippen molar-refractivity contribution in [3.05, 3.63) is 220 Å². The number of pyridine rings is 1. The molecule has 0 spiro atoms. The summed E-state index contributed by atoms with van der Waals surface area (Å²) in [5.74, 6) is 0. The summed E-state index contributed by atoms with van der Waals surface area (Å²) >= 11 is 0. The van der Waals surface area contributed by atoms with E-state index in [0.717, 1.165) is 6.54 Å². The Bertz CT molecular complexity index is 3070. The van der Waals surface area contributed by atoms with Crippen LogP contribution < -0.4 is 26.4 Å². The van der Waals surface area contributed by atoms with Crippen molar-refractivity contribution in [2.75, 3.05) is 0 Å². The van der Waals surface area contributed by atoms with Gasteiger partial charge in [0.15, 0.2) is 12.7 Å². The highest BCUT2D eigenvalue weighted by Crippen LogP contribution is 2.42. The first kappa shape index (κ1) is 60.0. The minimum atomic E-state index is -6.13. The molecule has 0 atom stereocenters. The van der Waals surface area contributed by atoms with Crippen LogP contribution in [-0.4, -0.2) is 6.15 Å². The Morgan fingerprint density at radius 1 is 0.287 bits per heavy atom. The van der Waals surface area contributed by atoms with Crippen molar-refractivity contribution in [2.24, 2.45) is 0 Å². The summed E-state index contributed by atoms with van der Waals surface area (Å²) in [6.07, 6.45) is -52.6. The molecule has 1 nitrogen and oxygen atoms in total. The molecular weight excluding hydrogens is 1130 g/mol. The summed E-state index contributed by atoms with van der Waals surface area (Å²) in [5.41, 5.74) is -26.4. The molecule has 0 saturated heterocycles. The normalized spacial score (nSPS) is 13.3. The summed E-state index contributed by atoms with van der Waals surface area (Å²) < 4.78 is 343. The van der Waals surface area contributed by atoms with Gasteiger partial charge in [-0.05, 0) is 47.9 Å². The van der Waals surface area contributed by atoms with Crippen LogP contribution in [0.4, 0.5) is 105 Å². The smallest absolute Gasteiger partial charge is 0.194 e. The minimum Gasteiger partial charge on any atom is -0.194 e. The Balaban J connectivity index is 0.000000329. The average Bonchev–Trinajstić information content (AvgIpc) is 3.35. The molecule has 0 amide bonds. The second kappa shape index (κ2) is 21.1. The van der Waals surface area contributed by atoms with Gasteiger partial charge < -0.3 is 0 Å². The third-order valence-corrected chi connectivity index (χ3v) is 12.6. The van der Waals surface area contributed by atoms with Crippen LogP contribution in [0.15, 0.2) is 170 Å². The quantitative estimate of drug-likeness (QED) is 0.0851. The molecule has 0 fully saturated rings. The molecule has 0 aliphatic carbocycles. The van der Waals surface area contributed by atoms with Crippen molar-refractivity contribution in [1.29, 1.82) is 0 Å². The topological polar surface area (TPSA) is 3.88 Å². The van der Waals surface area contributed by atoms with Crippen molar-refractivity contribution in [3.63, 3.8) is 0 Å². The molecule has 0 N–H and O–H groups in total. The fourth-order valence-electron chi connectivity index (χ4n) is 9.16. The number of benzene rings is 7. The Hall–Kier alpha value is -7.67. The van der Waals surface area contributed by atoms with Crippen LogP contribution in [0.25, 0.3) is 22.0 Å². The van der Waals surface area contributed by atoms with E-state index in [1.54, 1.807) is 0 Å². The molecule has 1 aromatic heterocycles. The summed E-state index contributed by atoms with van der Waals surface area (Å²) in [7, 11) is 0. The van der Waals surface area contributed by atoms with Gasteiger partial charge in [0.05, 0.1) is 49.9 Å². The van der Waals surface area contributed by atoms with Crippen molar-refractivity contribution < 1.29 is 110 Å². The Labute approximate surface area is 435 Å². The number of hydrogen-bond donors (Lipinski definition) is 0. The minimum absolute atomic E-state index is 0.691. The maximum atomic E-state index is 14.2. The molecule has 0 unspecified atom stereocenters. The number of alkyl halides is 24. The van der Waals surface area contributed by atoms with Gasteiger partial charge in [0.1, 0.15) is 6.15 Å². The SMILES string of the molecule is FC(F)(F)c1cc([B-](c2cc(C(F)(F)F)cc(C(F)(F)F)c2)(c2cc(C(F)(F)F)cc(C(F)(F)F)c2)c2cc(C(F)(F)F)cc(C(F)(F)F)c2)cc(C(F)(F)F)c1.c1ccc(C[n+]2ccc3ccccc3c2-c2ccccc2)cc1. The fraction of sp³-hybridized carbons (Fsp3) is 0.167. The van der Waals surface area contributed by atoms with Gasteiger partial charge in [-0.15, -0.1) is 0 Å². The highest BCUT2D eigenvalue weighted by Gasteiger charge is 2.47. The molecule has 1 heterocycles. The van der Waals surface area contributed by atoms with Gasteiger partial charge >= 0.3 is 49.4 Å². The highest BCUT2D eigenvalue weighted by atomic mass is 19.4. The lowest BCUT2D eigenvalue weighted by Crippen LogP contribution is -2.75. The number of rotatable bonds is 7. The molecule has 7 aromatic carbocycles. The molecule has 80 heavy (non-hydrogen) atoms. The lowest BCUT2D eigenvalue weighted by atomic mass is 9.12. The lowest BCUT2D eigenvalue weighted by Gasteiger charge is -2.46. The number of hydrogen-bond acceptors (Lipinski definition) is 0. The van der Waals surface area contributed by atoms with E-state index in [1.165, 1.54) is 27.6 Å². The van der Waals surface area contributed by atoms with Gasteiger partial charge in [-0.25, -0.2) is 0 Å². The van der Waals surface area contributed by atoms with Crippen molar-refractivity contribution in [3.8, 4) is 11.3 Å². The predicted octanol–water partition coefficient (Wildman–Crippen LogP) is 16.1. The highest BCUT2D eigenvalue weighted by molar-refractivity contribution is 7.20. The summed E-state index contributed by atoms with van der Waals surface area (Å²) in [6, 6.07) is 23.2. The summed E-state index contributed by atoms with van der Waals surface area (Å²) in [5, 5.41) is 2.56. The zero-order valence-corrected chi connectivity index (χ0v) is 39.5. The third-order valence-electron chi connectivity index (χ3n) is 12.6. The van der Waals surface area contributed by atoms with E-state index in [-0.39, 0.29) is 0 Å². The van der Waals surface area contributed by atoms with Crippen LogP contribution in [0, 0.1) is 0 Å². The molecule has 26 heteroatoms. The van der Waals surface area contributed by atoms with Crippen molar-refractivity contribution >= 4 is 38.8 Å². The van der Waals surface area contributed by atoms with Crippen LogP contribution in [0.2, 0.25) is 0 Å². The Kier molecular flexibility index (Phi) is 15.8. The first-order chi connectivity index (χ1) is 36.7. The Morgan fingerprint density at radius 3 is 0.838 bits per heavy atom. The number of halogens is 24. The van der Waals surface area contributed by atoms with E-state index in [4.69, 9.17) is 0 Å². The average molecular weight is 1160 g/mol. The second-order valence-corrected chi connectivity index (χ2v) is 18.0. The van der Waals surface area contributed by atoms with E-state index in [9.17, 15) is 105 Å². The first-order valence-electron chi connectivity index (χ1n) is 22.5. The monoisotopic (exact) mass is 1160 g/mol. The van der Waals surface area contributed by atoms with E-state index in [2.05, 4.69) is 102 Å². The molecule has 0 bridgehead atoms. The molecule has 0 aliphatic heterocycles. The largest absolute Gasteiger partial charge is 0.416 e. The zero-order chi connectivity index (χ0) is 59.4. The number of aromatic nitrogens is 1. The molecule has 422 valence electrons. The van der Waals surface area contributed by atoms with Gasteiger partial charge in [-0.1, -0.05) is 115 Å². The van der Waals surface area contributed by atoms with Crippen LogP contribution in [0.1, 0.15) is 50.1 Å². The van der Waals surface area contributed by atoms with Gasteiger partial charge in [0.2, 0.25) is 5.69 Å². The third kappa shape index (κ3) is 13.2. The van der Waals surface area contributed by atoms with Crippen LogP contribution in [0.3, 0.4) is 0 Å². The van der Waals surface area contributed by atoms with Crippen LogP contribution in [0.5, 0.6) is 0 Å². The first-order valence-corrected chi connectivity index (χ1v) is 22.5. The van der Waals surface area contributed by atoms with E-state index >= 15 is 0 Å². The van der Waals surface area contributed by atoms with Gasteiger partial charge in [0, 0.05) is 17.2 Å². The second-order valence-electron chi connectivity index (χ2n) is 18.0. The van der Waals surface area contributed by atoms with E-state index in [1.807, 2.05) is 0 Å². The fourth-order valence-corrected chi connectivity index (χ4v) is 9.16. The molecule has 8 rings (SSSR count).